The molecule has 0 saturated heterocycles. The lowest BCUT2D eigenvalue weighted by Gasteiger charge is -2.20. The summed E-state index contributed by atoms with van der Waals surface area (Å²) in [4.78, 5) is 0.340. The van der Waals surface area contributed by atoms with Gasteiger partial charge in [0, 0.05) is 16.9 Å². The Bertz CT molecular complexity index is 802. The van der Waals surface area contributed by atoms with Gasteiger partial charge in [-0.2, -0.15) is 0 Å². The number of sulfonamides is 1. The minimum absolute atomic E-state index is 0.215. The molecular weight excluding hydrogens is 350 g/mol. The predicted octanol–water partition coefficient (Wildman–Crippen LogP) is 4.07. The van der Waals surface area contributed by atoms with Crippen LogP contribution in [0.2, 0.25) is 0 Å². The molecule has 1 unspecified atom stereocenters. The molecule has 0 N–H and O–H groups in total. The molecule has 5 heteroatoms. The van der Waals surface area contributed by atoms with E-state index in [4.69, 9.17) is 0 Å². The zero-order valence-corrected chi connectivity index (χ0v) is 14.3. The zero-order valence-electron chi connectivity index (χ0n) is 11.9. The summed E-state index contributed by atoms with van der Waals surface area (Å²) in [6.45, 7) is 4.45. The summed E-state index contributed by atoms with van der Waals surface area (Å²) in [5.41, 5.74) is 2.80. The SMILES string of the molecule is Cc1cc(S(=O)(=O)N2CC(C)c3ccccc32)ccc1Br. The van der Waals surface area contributed by atoms with Crippen LogP contribution >= 0.6 is 15.9 Å². The van der Waals surface area contributed by atoms with Crippen LogP contribution < -0.4 is 4.31 Å². The summed E-state index contributed by atoms with van der Waals surface area (Å²) < 4.78 is 28.3. The van der Waals surface area contributed by atoms with E-state index in [-0.39, 0.29) is 5.92 Å². The molecule has 0 amide bonds. The average Bonchev–Trinajstić information content (AvgIpc) is 2.80. The fourth-order valence-corrected chi connectivity index (χ4v) is 4.62. The maximum atomic E-state index is 12.9. The van der Waals surface area contributed by atoms with Crippen LogP contribution in [0.5, 0.6) is 0 Å². The fourth-order valence-electron chi connectivity index (χ4n) is 2.71. The van der Waals surface area contributed by atoms with Gasteiger partial charge in [-0.1, -0.05) is 41.1 Å². The van der Waals surface area contributed by atoms with Gasteiger partial charge in [0.25, 0.3) is 10.0 Å². The maximum absolute atomic E-state index is 12.9. The molecule has 110 valence electrons. The third-order valence-electron chi connectivity index (χ3n) is 3.89. The first-order chi connectivity index (χ1) is 9.91. The maximum Gasteiger partial charge on any atom is 0.264 e. The van der Waals surface area contributed by atoms with Gasteiger partial charge in [-0.3, -0.25) is 4.31 Å². The molecule has 1 aliphatic heterocycles. The molecule has 0 aliphatic carbocycles. The molecule has 0 radical (unpaired) electrons. The molecular formula is C16H16BrNO2S. The Morgan fingerprint density at radius 1 is 1.19 bits per heavy atom. The van der Waals surface area contributed by atoms with Crippen molar-refractivity contribution >= 4 is 31.6 Å². The molecule has 0 fully saturated rings. The van der Waals surface area contributed by atoms with Crippen LogP contribution in [0.4, 0.5) is 5.69 Å². The standard InChI is InChI=1S/C16H16BrNO2S/c1-11-9-13(7-8-15(11)17)21(19,20)18-10-12(2)14-5-3-4-6-16(14)18/h3-9,12H,10H2,1-2H3. The quantitative estimate of drug-likeness (QED) is 0.804. The number of rotatable bonds is 2. The van der Waals surface area contributed by atoms with Crippen LogP contribution in [0.1, 0.15) is 24.0 Å². The largest absolute Gasteiger partial charge is 0.265 e. The molecule has 21 heavy (non-hydrogen) atoms. The van der Waals surface area contributed by atoms with Gasteiger partial charge in [0.2, 0.25) is 0 Å². The van der Waals surface area contributed by atoms with E-state index in [0.29, 0.717) is 11.4 Å². The molecule has 0 saturated carbocycles. The van der Waals surface area contributed by atoms with E-state index in [9.17, 15) is 8.42 Å². The Morgan fingerprint density at radius 3 is 2.62 bits per heavy atom. The van der Waals surface area contributed by atoms with Crippen LogP contribution in [0.25, 0.3) is 0 Å². The summed E-state index contributed by atoms with van der Waals surface area (Å²) in [7, 11) is -3.51. The van der Waals surface area contributed by atoms with Crippen molar-refractivity contribution in [2.75, 3.05) is 10.8 Å². The van der Waals surface area contributed by atoms with Crippen molar-refractivity contribution < 1.29 is 8.42 Å². The normalized spacial score (nSPS) is 17.9. The number of para-hydroxylation sites is 1. The number of benzene rings is 2. The highest BCUT2D eigenvalue weighted by atomic mass is 79.9. The Balaban J connectivity index is 2.10. The lowest BCUT2D eigenvalue weighted by molar-refractivity contribution is 0.590. The lowest BCUT2D eigenvalue weighted by atomic mass is 10.0. The van der Waals surface area contributed by atoms with Crippen LogP contribution in [0, 0.1) is 6.92 Å². The Hall–Kier alpha value is -1.33. The molecule has 1 atom stereocenters. The van der Waals surface area contributed by atoms with Gasteiger partial charge in [-0.15, -0.1) is 0 Å². The second kappa shape index (κ2) is 5.14. The van der Waals surface area contributed by atoms with Crippen molar-refractivity contribution in [2.24, 2.45) is 0 Å². The third-order valence-corrected chi connectivity index (χ3v) is 6.56. The summed E-state index contributed by atoms with van der Waals surface area (Å²) in [5, 5.41) is 0. The van der Waals surface area contributed by atoms with E-state index in [1.165, 1.54) is 4.31 Å². The number of nitrogens with zero attached hydrogens (tertiary/aromatic N) is 1. The second-order valence-electron chi connectivity index (χ2n) is 5.41. The predicted molar refractivity (Wildman–Crippen MR) is 88.3 cm³/mol. The molecule has 2 aromatic rings. The minimum Gasteiger partial charge on any atom is -0.265 e. The van der Waals surface area contributed by atoms with Crippen molar-refractivity contribution in [1.82, 2.24) is 0 Å². The third kappa shape index (κ3) is 2.38. The Kier molecular flexibility index (Phi) is 3.58. The van der Waals surface area contributed by atoms with Gasteiger partial charge in [-0.05, 0) is 42.3 Å². The van der Waals surface area contributed by atoms with Crippen LogP contribution in [0.15, 0.2) is 51.8 Å². The van der Waals surface area contributed by atoms with E-state index in [1.54, 1.807) is 18.2 Å². The highest BCUT2D eigenvalue weighted by Gasteiger charge is 2.34. The highest BCUT2D eigenvalue weighted by molar-refractivity contribution is 9.10. The first kappa shape index (κ1) is 14.6. The number of aryl methyl sites for hydroxylation is 1. The summed E-state index contributed by atoms with van der Waals surface area (Å²) in [6.07, 6.45) is 0. The molecule has 0 spiro atoms. The number of halogens is 1. The highest BCUT2D eigenvalue weighted by Crippen LogP contribution is 2.39. The molecule has 3 rings (SSSR count). The minimum atomic E-state index is -3.51. The zero-order chi connectivity index (χ0) is 15.2. The molecule has 3 nitrogen and oxygen atoms in total. The molecule has 1 heterocycles. The second-order valence-corrected chi connectivity index (χ2v) is 8.12. The molecule has 1 aliphatic rings. The molecule has 0 aromatic heterocycles. The molecule has 0 bridgehead atoms. The van der Waals surface area contributed by atoms with E-state index >= 15 is 0 Å². The topological polar surface area (TPSA) is 37.4 Å². The van der Waals surface area contributed by atoms with Crippen LogP contribution in [0.3, 0.4) is 0 Å². The van der Waals surface area contributed by atoms with Gasteiger partial charge < -0.3 is 0 Å². The van der Waals surface area contributed by atoms with Crippen LogP contribution in [-0.2, 0) is 10.0 Å². The van der Waals surface area contributed by atoms with E-state index in [0.717, 1.165) is 21.3 Å². The number of anilines is 1. The number of hydrogen-bond donors (Lipinski definition) is 0. The molecule has 2 aromatic carbocycles. The smallest absolute Gasteiger partial charge is 0.264 e. The lowest BCUT2D eigenvalue weighted by Crippen LogP contribution is -2.29. The monoisotopic (exact) mass is 365 g/mol. The summed E-state index contributed by atoms with van der Waals surface area (Å²) in [6, 6.07) is 12.9. The number of hydrogen-bond acceptors (Lipinski definition) is 2. The van der Waals surface area contributed by atoms with Crippen molar-refractivity contribution in [3.8, 4) is 0 Å². The first-order valence-electron chi connectivity index (χ1n) is 6.79. The van der Waals surface area contributed by atoms with Crippen molar-refractivity contribution in [1.29, 1.82) is 0 Å². The summed E-state index contributed by atoms with van der Waals surface area (Å²) >= 11 is 3.41. The van der Waals surface area contributed by atoms with Crippen molar-refractivity contribution in [2.45, 2.75) is 24.7 Å². The van der Waals surface area contributed by atoms with Gasteiger partial charge in [0.05, 0.1) is 10.6 Å². The fraction of sp³-hybridized carbons (Fsp3) is 0.250. The van der Waals surface area contributed by atoms with Gasteiger partial charge in [0.15, 0.2) is 0 Å². The summed E-state index contributed by atoms with van der Waals surface area (Å²) in [5.74, 6) is 0.215. The van der Waals surface area contributed by atoms with Gasteiger partial charge in [-0.25, -0.2) is 8.42 Å². The average molecular weight is 366 g/mol. The number of fused-ring (bicyclic) bond motifs is 1. The van der Waals surface area contributed by atoms with Gasteiger partial charge in [0.1, 0.15) is 0 Å². The Morgan fingerprint density at radius 2 is 1.90 bits per heavy atom. The first-order valence-corrected chi connectivity index (χ1v) is 9.02. The van der Waals surface area contributed by atoms with E-state index < -0.39 is 10.0 Å². The Labute approximate surface area is 133 Å². The van der Waals surface area contributed by atoms with Gasteiger partial charge >= 0.3 is 0 Å². The van der Waals surface area contributed by atoms with Crippen molar-refractivity contribution in [3.63, 3.8) is 0 Å². The van der Waals surface area contributed by atoms with Crippen LogP contribution in [-0.4, -0.2) is 15.0 Å². The van der Waals surface area contributed by atoms with Crippen molar-refractivity contribution in [3.05, 3.63) is 58.1 Å². The van der Waals surface area contributed by atoms with E-state index in [2.05, 4.69) is 22.9 Å². The van der Waals surface area contributed by atoms with E-state index in [1.807, 2.05) is 31.2 Å².